The van der Waals surface area contributed by atoms with Crippen molar-refractivity contribution in [3.8, 4) is 11.5 Å². The summed E-state index contributed by atoms with van der Waals surface area (Å²) in [5, 5.41) is 12.6. The number of amides is 1. The van der Waals surface area contributed by atoms with Gasteiger partial charge in [0.05, 0.1) is 7.11 Å². The van der Waals surface area contributed by atoms with Gasteiger partial charge < -0.3 is 15.2 Å². The maximum absolute atomic E-state index is 12.1. The van der Waals surface area contributed by atoms with Crippen molar-refractivity contribution in [3.05, 3.63) is 46.7 Å². The Balaban J connectivity index is 2.21. The van der Waals surface area contributed by atoms with E-state index in [0.29, 0.717) is 22.7 Å². The fourth-order valence-electron chi connectivity index (χ4n) is 1.73. The largest absolute Gasteiger partial charge is 0.504 e. The molecule has 0 bridgehead atoms. The molecule has 20 heavy (non-hydrogen) atoms. The summed E-state index contributed by atoms with van der Waals surface area (Å²) in [6, 6.07) is 7.71. The second kappa shape index (κ2) is 5.79. The zero-order valence-corrected chi connectivity index (χ0v) is 11.7. The topological polar surface area (TPSA) is 71.5 Å². The Morgan fingerprint density at radius 3 is 2.70 bits per heavy atom. The predicted octanol–water partition coefficient (Wildman–Crippen LogP) is 3.01. The number of rotatable bonds is 3. The normalized spacial score (nSPS) is 10.2. The van der Waals surface area contributed by atoms with Gasteiger partial charge in [0.2, 0.25) is 0 Å². The molecule has 0 saturated heterocycles. The van der Waals surface area contributed by atoms with Gasteiger partial charge in [-0.15, -0.1) is 0 Å². The first-order valence-corrected chi connectivity index (χ1v) is 6.20. The number of ether oxygens (including phenoxy) is 1. The number of phenols is 1. The number of phenolic OH excluding ortho intramolecular Hbond substituents is 1. The van der Waals surface area contributed by atoms with Gasteiger partial charge in [-0.3, -0.25) is 4.79 Å². The number of halogens is 1. The maximum atomic E-state index is 12.1. The Hall–Kier alpha value is -2.27. The highest BCUT2D eigenvalue weighted by Gasteiger charge is 2.10. The van der Waals surface area contributed by atoms with Gasteiger partial charge in [-0.1, -0.05) is 11.6 Å². The number of aryl methyl sites for hydroxylation is 1. The van der Waals surface area contributed by atoms with E-state index in [9.17, 15) is 9.90 Å². The molecule has 5 nitrogen and oxygen atoms in total. The lowest BCUT2D eigenvalue weighted by atomic mass is 10.2. The molecule has 1 heterocycles. The summed E-state index contributed by atoms with van der Waals surface area (Å²) < 4.78 is 4.93. The lowest BCUT2D eigenvalue weighted by Gasteiger charge is -2.08. The van der Waals surface area contributed by atoms with Crippen LogP contribution in [0.15, 0.2) is 30.3 Å². The van der Waals surface area contributed by atoms with E-state index in [1.54, 1.807) is 25.1 Å². The summed E-state index contributed by atoms with van der Waals surface area (Å²) in [6.07, 6.45) is 0. The van der Waals surface area contributed by atoms with Gasteiger partial charge in [0, 0.05) is 23.0 Å². The number of carbonyl (C=O) groups excluding carboxylic acids is 1. The molecule has 0 spiro atoms. The Kier molecular flexibility index (Phi) is 4.10. The maximum Gasteiger partial charge on any atom is 0.255 e. The number of aromatic nitrogens is 1. The summed E-state index contributed by atoms with van der Waals surface area (Å²) in [7, 11) is 1.45. The average Bonchev–Trinajstić information content (AvgIpc) is 2.37. The number of nitrogens with zero attached hydrogens (tertiary/aromatic N) is 1. The number of methoxy groups -OCH3 is 1. The molecule has 0 aliphatic heterocycles. The average molecular weight is 293 g/mol. The van der Waals surface area contributed by atoms with Crippen molar-refractivity contribution < 1.29 is 14.6 Å². The van der Waals surface area contributed by atoms with E-state index in [0.717, 1.165) is 0 Å². The molecule has 2 aromatic rings. The Labute approximate surface area is 121 Å². The molecule has 1 aromatic carbocycles. The van der Waals surface area contributed by atoms with Crippen LogP contribution in [-0.4, -0.2) is 23.1 Å². The third-order valence-corrected chi connectivity index (χ3v) is 2.81. The van der Waals surface area contributed by atoms with Crippen LogP contribution in [0.3, 0.4) is 0 Å². The van der Waals surface area contributed by atoms with Crippen LogP contribution in [0.4, 0.5) is 5.69 Å². The number of benzene rings is 1. The number of anilines is 1. The van der Waals surface area contributed by atoms with E-state index in [4.69, 9.17) is 16.3 Å². The highest BCUT2D eigenvalue weighted by molar-refractivity contribution is 6.29. The van der Waals surface area contributed by atoms with Crippen LogP contribution in [0.1, 0.15) is 16.1 Å². The minimum Gasteiger partial charge on any atom is -0.504 e. The molecule has 2 rings (SSSR count). The number of pyridine rings is 1. The molecule has 1 amide bonds. The molecule has 0 aliphatic carbocycles. The smallest absolute Gasteiger partial charge is 0.255 e. The van der Waals surface area contributed by atoms with Gasteiger partial charge in [0.15, 0.2) is 11.5 Å². The zero-order valence-electron chi connectivity index (χ0n) is 11.0. The van der Waals surface area contributed by atoms with Gasteiger partial charge >= 0.3 is 0 Å². The predicted molar refractivity (Wildman–Crippen MR) is 76.6 cm³/mol. The molecule has 6 heteroatoms. The number of carbonyl (C=O) groups is 1. The van der Waals surface area contributed by atoms with Crippen molar-refractivity contribution in [1.82, 2.24) is 4.98 Å². The molecule has 0 saturated carbocycles. The van der Waals surface area contributed by atoms with Crippen LogP contribution in [-0.2, 0) is 0 Å². The third kappa shape index (κ3) is 3.19. The fourth-order valence-corrected chi connectivity index (χ4v) is 1.98. The standard InChI is InChI=1S/C14H13ClN2O3/c1-8-5-9(6-13(15)16-8)14(19)17-10-3-4-12(20-2)11(18)7-10/h3-7,18H,1-2H3,(H,17,19). The molecule has 104 valence electrons. The van der Waals surface area contributed by atoms with Gasteiger partial charge in [-0.2, -0.15) is 0 Å². The molecule has 0 unspecified atom stereocenters. The highest BCUT2D eigenvalue weighted by atomic mass is 35.5. The van der Waals surface area contributed by atoms with Crippen molar-refractivity contribution in [3.63, 3.8) is 0 Å². The lowest BCUT2D eigenvalue weighted by molar-refractivity contribution is 0.102. The highest BCUT2D eigenvalue weighted by Crippen LogP contribution is 2.28. The number of nitrogens with one attached hydrogen (secondary N) is 1. The third-order valence-electron chi connectivity index (χ3n) is 2.62. The first kappa shape index (κ1) is 14.1. The molecule has 0 radical (unpaired) electrons. The minimum atomic E-state index is -0.332. The van der Waals surface area contributed by atoms with Crippen molar-refractivity contribution in [2.75, 3.05) is 12.4 Å². The summed E-state index contributed by atoms with van der Waals surface area (Å²) in [5.74, 6) is -0.0398. The van der Waals surface area contributed by atoms with E-state index < -0.39 is 0 Å². The second-order valence-corrected chi connectivity index (χ2v) is 4.55. The van der Waals surface area contributed by atoms with Crippen LogP contribution in [0.25, 0.3) is 0 Å². The van der Waals surface area contributed by atoms with E-state index in [2.05, 4.69) is 10.3 Å². The Morgan fingerprint density at radius 2 is 2.10 bits per heavy atom. The lowest BCUT2D eigenvalue weighted by Crippen LogP contribution is -2.12. The van der Waals surface area contributed by atoms with Crippen molar-refractivity contribution in [1.29, 1.82) is 0 Å². The fraction of sp³-hybridized carbons (Fsp3) is 0.143. The van der Waals surface area contributed by atoms with E-state index >= 15 is 0 Å². The van der Waals surface area contributed by atoms with Crippen LogP contribution in [0, 0.1) is 6.92 Å². The molecule has 0 atom stereocenters. The van der Waals surface area contributed by atoms with Crippen LogP contribution in [0.2, 0.25) is 5.15 Å². The van der Waals surface area contributed by atoms with E-state index in [-0.39, 0.29) is 16.8 Å². The van der Waals surface area contributed by atoms with Crippen LogP contribution in [0.5, 0.6) is 11.5 Å². The second-order valence-electron chi connectivity index (χ2n) is 4.16. The van der Waals surface area contributed by atoms with Crippen molar-refractivity contribution >= 4 is 23.2 Å². The summed E-state index contributed by atoms with van der Waals surface area (Å²) in [4.78, 5) is 16.1. The van der Waals surface area contributed by atoms with Crippen LogP contribution < -0.4 is 10.1 Å². The first-order chi connectivity index (χ1) is 9.49. The molecule has 0 fully saturated rings. The Morgan fingerprint density at radius 1 is 1.35 bits per heavy atom. The molecular formula is C14H13ClN2O3. The van der Waals surface area contributed by atoms with Gasteiger partial charge in [-0.25, -0.2) is 4.98 Å². The molecule has 0 aliphatic rings. The first-order valence-electron chi connectivity index (χ1n) is 5.82. The SMILES string of the molecule is COc1ccc(NC(=O)c2cc(C)nc(Cl)c2)cc1O. The molecule has 1 aromatic heterocycles. The van der Waals surface area contributed by atoms with Crippen LogP contribution >= 0.6 is 11.6 Å². The zero-order chi connectivity index (χ0) is 14.7. The quantitative estimate of drug-likeness (QED) is 0.853. The minimum absolute atomic E-state index is 0.0470. The van der Waals surface area contributed by atoms with E-state index in [1.807, 2.05) is 0 Å². The van der Waals surface area contributed by atoms with E-state index in [1.165, 1.54) is 19.2 Å². The van der Waals surface area contributed by atoms with Gasteiger partial charge in [-0.05, 0) is 31.2 Å². The molecular weight excluding hydrogens is 280 g/mol. The molecule has 2 N–H and O–H groups in total. The number of aromatic hydroxyl groups is 1. The van der Waals surface area contributed by atoms with Crippen molar-refractivity contribution in [2.24, 2.45) is 0 Å². The monoisotopic (exact) mass is 292 g/mol. The summed E-state index contributed by atoms with van der Waals surface area (Å²) >= 11 is 5.81. The van der Waals surface area contributed by atoms with Gasteiger partial charge in [0.1, 0.15) is 5.15 Å². The summed E-state index contributed by atoms with van der Waals surface area (Å²) in [5.41, 5.74) is 1.51. The summed E-state index contributed by atoms with van der Waals surface area (Å²) in [6.45, 7) is 1.75. The van der Waals surface area contributed by atoms with Gasteiger partial charge in [0.25, 0.3) is 5.91 Å². The Bertz CT molecular complexity index is 639. The number of hydrogen-bond acceptors (Lipinski definition) is 4. The number of hydrogen-bond donors (Lipinski definition) is 2. The van der Waals surface area contributed by atoms with Crippen molar-refractivity contribution in [2.45, 2.75) is 6.92 Å².